The summed E-state index contributed by atoms with van der Waals surface area (Å²) in [5.74, 6) is -2.05. The number of carboxylic acid groups (broad SMARTS) is 2. The second-order valence-corrected chi connectivity index (χ2v) is 9.38. The van der Waals surface area contributed by atoms with Gasteiger partial charge in [0, 0.05) is 22.6 Å². The zero-order valence-electron chi connectivity index (χ0n) is 24.8. The van der Waals surface area contributed by atoms with Gasteiger partial charge in [0.2, 0.25) is 0 Å². The van der Waals surface area contributed by atoms with E-state index in [1.807, 2.05) is 91.0 Å². The van der Waals surface area contributed by atoms with Crippen LogP contribution in [0.4, 0.5) is 0 Å². The van der Waals surface area contributed by atoms with Crippen LogP contribution in [0.15, 0.2) is 161 Å². The van der Waals surface area contributed by atoms with Crippen molar-refractivity contribution in [2.45, 2.75) is 11.8 Å². The van der Waals surface area contributed by atoms with Crippen LogP contribution in [0.3, 0.4) is 0 Å². The van der Waals surface area contributed by atoms with Gasteiger partial charge in [-0.2, -0.15) is 0 Å². The lowest BCUT2D eigenvalue weighted by atomic mass is 10.2. The summed E-state index contributed by atoms with van der Waals surface area (Å²) >= 11 is 4.08. The van der Waals surface area contributed by atoms with E-state index in [1.165, 1.54) is 19.1 Å². The number of fused-ring (bicyclic) bond motifs is 1. The van der Waals surface area contributed by atoms with Crippen molar-refractivity contribution in [3.05, 3.63) is 169 Å². The van der Waals surface area contributed by atoms with Crippen LogP contribution in [0.5, 0.6) is 5.75 Å². The molecule has 6 rings (SSSR count). The van der Waals surface area contributed by atoms with E-state index in [2.05, 4.69) is 17.4 Å². The molecule has 0 unspecified atom stereocenters. The maximum atomic E-state index is 10.6. The number of thiol groups is 1. The van der Waals surface area contributed by atoms with Crippen molar-refractivity contribution < 1.29 is 38.5 Å². The minimum atomic E-state index is -1.11. The van der Waals surface area contributed by atoms with Gasteiger partial charge in [0.25, 0.3) is 0 Å². The van der Waals surface area contributed by atoms with Gasteiger partial charge < -0.3 is 19.4 Å². The second-order valence-electron chi connectivity index (χ2n) is 8.86. The van der Waals surface area contributed by atoms with Gasteiger partial charge in [-0.1, -0.05) is 109 Å². The number of esters is 1. The van der Waals surface area contributed by atoms with Crippen molar-refractivity contribution in [3.63, 3.8) is 0 Å². The number of ether oxygens (including phenoxy) is 1. The fourth-order valence-corrected chi connectivity index (χ4v) is 3.56. The average molecular weight is 637 g/mol. The molecule has 0 fully saturated rings. The van der Waals surface area contributed by atoms with Gasteiger partial charge in [0.15, 0.2) is 12.0 Å². The maximum Gasteiger partial charge on any atom is 0.339 e. The van der Waals surface area contributed by atoms with Gasteiger partial charge in [0.05, 0.1) is 11.8 Å². The molecule has 0 aliphatic carbocycles. The van der Waals surface area contributed by atoms with Crippen molar-refractivity contribution >= 4 is 47.6 Å². The fourth-order valence-electron chi connectivity index (χ4n) is 3.39. The third-order valence-corrected chi connectivity index (χ3v) is 5.76. The van der Waals surface area contributed by atoms with E-state index in [4.69, 9.17) is 14.6 Å². The van der Waals surface area contributed by atoms with Crippen LogP contribution in [0.2, 0.25) is 0 Å². The number of para-hydroxylation sites is 1. The fraction of sp³-hybridized carbons (Fsp3) is 0.0270. The van der Waals surface area contributed by atoms with E-state index in [0.29, 0.717) is 11.3 Å². The van der Waals surface area contributed by atoms with Crippen LogP contribution >= 0.6 is 12.6 Å². The van der Waals surface area contributed by atoms with Crippen molar-refractivity contribution in [1.29, 1.82) is 0 Å². The third kappa shape index (κ3) is 14.0. The van der Waals surface area contributed by atoms with E-state index in [-0.39, 0.29) is 11.3 Å². The number of hydrogen-bond donors (Lipinski definition) is 3. The zero-order chi connectivity index (χ0) is 33.6. The Kier molecular flexibility index (Phi) is 16.5. The van der Waals surface area contributed by atoms with Gasteiger partial charge >= 0.3 is 17.9 Å². The Morgan fingerprint density at radius 1 is 0.652 bits per heavy atom. The molecule has 8 nitrogen and oxygen atoms in total. The number of rotatable bonds is 4. The molecule has 0 saturated heterocycles. The van der Waals surface area contributed by atoms with Gasteiger partial charge in [-0.05, 0) is 36.4 Å². The van der Waals surface area contributed by atoms with Crippen molar-refractivity contribution in [1.82, 2.24) is 0 Å². The first kappa shape index (κ1) is 36.3. The molecule has 0 aliphatic rings. The number of hydrogen-bond acceptors (Lipinski definition) is 7. The van der Waals surface area contributed by atoms with E-state index >= 15 is 0 Å². The third-order valence-electron chi connectivity index (χ3n) is 5.46. The first-order valence-corrected chi connectivity index (χ1v) is 14.1. The molecule has 0 aliphatic heterocycles. The first-order chi connectivity index (χ1) is 22.2. The highest BCUT2D eigenvalue weighted by Crippen LogP contribution is 2.19. The molecule has 6 aromatic rings. The van der Waals surface area contributed by atoms with Gasteiger partial charge in [-0.25, -0.2) is 9.59 Å². The number of aromatic carboxylic acids is 2. The second kappa shape index (κ2) is 20.9. The molecule has 1 aromatic heterocycles. The number of carbonyl (C=O) groups is 4. The highest BCUT2D eigenvalue weighted by atomic mass is 32.1. The Labute approximate surface area is 271 Å². The van der Waals surface area contributed by atoms with Gasteiger partial charge in [-0.3, -0.25) is 9.59 Å². The van der Waals surface area contributed by atoms with Crippen LogP contribution < -0.4 is 4.74 Å². The molecule has 234 valence electrons. The topological polar surface area (TPSA) is 131 Å². The lowest BCUT2D eigenvalue weighted by molar-refractivity contribution is -0.131. The summed E-state index contributed by atoms with van der Waals surface area (Å²) < 4.78 is 9.68. The summed E-state index contributed by atoms with van der Waals surface area (Å²) in [4.78, 5) is 42.8. The minimum absolute atomic E-state index is 0.0160. The Hall–Kier alpha value is -5.93. The van der Waals surface area contributed by atoms with Crippen LogP contribution in [0, 0.1) is 0 Å². The maximum absolute atomic E-state index is 10.6. The predicted molar refractivity (Wildman–Crippen MR) is 180 cm³/mol. The molecule has 0 radical (unpaired) electrons. The van der Waals surface area contributed by atoms with E-state index in [1.54, 1.807) is 48.7 Å². The summed E-state index contributed by atoms with van der Waals surface area (Å²) in [5, 5.41) is 18.9. The summed E-state index contributed by atoms with van der Waals surface area (Å²) in [6.45, 7) is 1.22. The normalized spacial score (nSPS) is 9.17. The van der Waals surface area contributed by atoms with Gasteiger partial charge in [-0.15, -0.1) is 12.6 Å². The van der Waals surface area contributed by atoms with Crippen LogP contribution in [-0.4, -0.2) is 34.4 Å². The molecule has 1 heterocycles. The molecular weight excluding hydrogens is 604 g/mol. The molecule has 46 heavy (non-hydrogen) atoms. The molecule has 0 amide bonds. The quantitative estimate of drug-likeness (QED) is 0.0759. The predicted octanol–water partition coefficient (Wildman–Crippen LogP) is 8.60. The standard InChI is InChI=1S/C9H8O4.C9H6O2.C7H6O2.C6H6S.C6H6/c1-6(10)13-8-5-3-2-4-7(8)9(11)12;10-5-9-8-4-2-1-3-7(8)6-11-9;8-7(9)6-4-2-1-3-5-6;7-6-4-2-1-3-5-6;1-2-4-6-5-3-1/h2-5H,1H3,(H,11,12);1-6H;1-5H,(H,8,9);1-5,7H;1-6H. The van der Waals surface area contributed by atoms with Crippen molar-refractivity contribution in [3.8, 4) is 5.75 Å². The Bertz CT molecular complexity index is 1740. The Morgan fingerprint density at radius 2 is 1.13 bits per heavy atom. The molecule has 0 spiro atoms. The van der Waals surface area contributed by atoms with Crippen LogP contribution in [-0.2, 0) is 4.79 Å². The Balaban J connectivity index is 0.000000205. The number of carboxylic acids is 2. The van der Waals surface area contributed by atoms with E-state index in [9.17, 15) is 19.2 Å². The lowest BCUT2D eigenvalue weighted by Gasteiger charge is -2.03. The molecule has 9 heteroatoms. The summed E-state index contributed by atoms with van der Waals surface area (Å²) in [6.07, 6.45) is 2.31. The highest BCUT2D eigenvalue weighted by Gasteiger charge is 2.11. The largest absolute Gasteiger partial charge is 0.478 e. The highest BCUT2D eigenvalue weighted by molar-refractivity contribution is 7.80. The molecule has 0 bridgehead atoms. The van der Waals surface area contributed by atoms with E-state index < -0.39 is 17.9 Å². The zero-order valence-corrected chi connectivity index (χ0v) is 25.7. The molecule has 0 saturated carbocycles. The summed E-state index contributed by atoms with van der Waals surface area (Å²) in [7, 11) is 0. The number of carbonyl (C=O) groups excluding carboxylic acids is 2. The molecule has 5 aromatic carbocycles. The van der Waals surface area contributed by atoms with Gasteiger partial charge in [0.1, 0.15) is 11.3 Å². The van der Waals surface area contributed by atoms with E-state index in [0.717, 1.165) is 22.0 Å². The van der Waals surface area contributed by atoms with Crippen LogP contribution in [0.25, 0.3) is 10.8 Å². The minimum Gasteiger partial charge on any atom is -0.478 e. The summed E-state index contributed by atoms with van der Waals surface area (Å²) in [6, 6.07) is 43.6. The smallest absolute Gasteiger partial charge is 0.339 e. The van der Waals surface area contributed by atoms with Crippen molar-refractivity contribution in [2.24, 2.45) is 0 Å². The SMILES string of the molecule is CC(=O)Oc1ccccc1C(=O)O.O=C(O)c1ccccc1.O=Cc1occ2ccccc12.Sc1ccccc1.c1ccccc1. The Morgan fingerprint density at radius 3 is 1.59 bits per heavy atom. The summed E-state index contributed by atoms with van der Waals surface area (Å²) in [5.41, 5.74) is 0.315. The van der Waals surface area contributed by atoms with Crippen LogP contribution in [0.1, 0.15) is 38.2 Å². The first-order valence-electron chi connectivity index (χ1n) is 13.7. The number of aldehydes is 1. The molecule has 2 N–H and O–H groups in total. The number of furan rings is 1. The number of benzene rings is 5. The average Bonchev–Trinajstić information content (AvgIpc) is 3.51. The van der Waals surface area contributed by atoms with Crippen molar-refractivity contribution in [2.75, 3.05) is 0 Å². The molecule has 0 atom stereocenters. The molecular formula is C37H32O8S. The lowest BCUT2D eigenvalue weighted by Crippen LogP contribution is -2.06. The monoisotopic (exact) mass is 636 g/mol.